The minimum Gasteiger partial charge on any atom is -0.465 e. The Kier molecular flexibility index (Phi) is 2.31. The molecule has 1 saturated heterocycles. The first-order valence-corrected chi connectivity index (χ1v) is 3.63. The summed E-state index contributed by atoms with van der Waals surface area (Å²) in [4.78, 5) is 10.3. The number of hydrogen-bond acceptors (Lipinski definition) is 3. The van der Waals surface area contributed by atoms with Gasteiger partial charge in [0.1, 0.15) is 0 Å². The van der Waals surface area contributed by atoms with Crippen LogP contribution in [0, 0.1) is 0 Å². The second-order valence-electron chi connectivity index (χ2n) is 2.84. The van der Waals surface area contributed by atoms with Crippen LogP contribution in [0.2, 0.25) is 0 Å². The van der Waals surface area contributed by atoms with Gasteiger partial charge in [-0.3, -0.25) is 0 Å². The average molecular weight is 159 g/mol. The minimum absolute atomic E-state index is 0.652. The Morgan fingerprint density at radius 2 is 2.09 bits per heavy atom. The van der Waals surface area contributed by atoms with Crippen LogP contribution in [-0.4, -0.2) is 30.0 Å². The summed E-state index contributed by atoms with van der Waals surface area (Å²) in [5, 5.41) is 13.8. The highest BCUT2D eigenvalue weighted by atomic mass is 16.4. The van der Waals surface area contributed by atoms with Gasteiger partial charge in [-0.05, 0) is 25.9 Å². The summed E-state index contributed by atoms with van der Waals surface area (Å²) in [6.45, 7) is 1.55. The van der Waals surface area contributed by atoms with E-state index in [0.717, 1.165) is 13.1 Å². The molecule has 1 rings (SSSR count). The molecule has 0 radical (unpaired) electrons. The summed E-state index contributed by atoms with van der Waals surface area (Å²) in [5.41, 5.74) is 5.02. The predicted molar refractivity (Wildman–Crippen MR) is 40.2 cm³/mol. The molecule has 1 aliphatic rings. The smallest absolute Gasteiger partial charge is 0.406 e. The van der Waals surface area contributed by atoms with Crippen molar-refractivity contribution in [3.63, 3.8) is 0 Å². The van der Waals surface area contributed by atoms with E-state index in [-0.39, 0.29) is 0 Å². The van der Waals surface area contributed by atoms with Crippen molar-refractivity contribution in [1.82, 2.24) is 10.6 Å². The zero-order valence-corrected chi connectivity index (χ0v) is 6.26. The van der Waals surface area contributed by atoms with Crippen LogP contribution in [0.1, 0.15) is 12.8 Å². The number of carbonyl (C=O) groups is 1. The fraction of sp³-hybridized carbons (Fsp3) is 0.833. The lowest BCUT2D eigenvalue weighted by Crippen LogP contribution is -2.60. The number of nitrogens with two attached hydrogens (primary N) is 1. The van der Waals surface area contributed by atoms with Gasteiger partial charge < -0.3 is 21.5 Å². The molecule has 1 aliphatic heterocycles. The molecule has 1 fully saturated rings. The second-order valence-corrected chi connectivity index (χ2v) is 2.84. The molecule has 5 heteroatoms. The minimum atomic E-state index is -1.05. The molecule has 0 atom stereocenters. The molecule has 0 unspecified atom stereocenters. The van der Waals surface area contributed by atoms with Crippen LogP contribution in [0.4, 0.5) is 4.79 Å². The lowest BCUT2D eigenvalue weighted by atomic mass is 10.00. The molecule has 0 bridgehead atoms. The standard InChI is InChI=1S/C6H13N3O2/c7-6(9-5(10)11)1-3-8-4-2-6/h8-9H,1-4,7H2,(H,10,11). The predicted octanol–water partition coefficient (Wildman–Crippen LogP) is -0.708. The van der Waals surface area contributed by atoms with Crippen LogP contribution in [-0.2, 0) is 0 Å². The van der Waals surface area contributed by atoms with E-state index >= 15 is 0 Å². The van der Waals surface area contributed by atoms with Gasteiger partial charge in [0.2, 0.25) is 0 Å². The lowest BCUT2D eigenvalue weighted by Gasteiger charge is -2.33. The Hall–Kier alpha value is -0.810. The third kappa shape index (κ3) is 2.36. The maximum Gasteiger partial charge on any atom is 0.406 e. The zero-order chi connectivity index (χ0) is 8.32. The first kappa shape index (κ1) is 8.29. The number of nitrogens with one attached hydrogen (secondary N) is 2. The normalized spacial score (nSPS) is 22.6. The van der Waals surface area contributed by atoms with Gasteiger partial charge in [0, 0.05) is 0 Å². The van der Waals surface area contributed by atoms with Crippen molar-refractivity contribution in [3.8, 4) is 0 Å². The van der Waals surface area contributed by atoms with E-state index in [1.54, 1.807) is 0 Å². The number of carboxylic acid groups (broad SMARTS) is 1. The van der Waals surface area contributed by atoms with Gasteiger partial charge in [-0.25, -0.2) is 4.79 Å². The summed E-state index contributed by atoms with van der Waals surface area (Å²) in [5.74, 6) is 0. The SMILES string of the molecule is NC1(NC(=O)O)CCNCC1. The molecule has 5 N–H and O–H groups in total. The molecular weight excluding hydrogens is 146 g/mol. The molecule has 1 heterocycles. The van der Waals surface area contributed by atoms with E-state index in [0.29, 0.717) is 12.8 Å². The van der Waals surface area contributed by atoms with Crippen molar-refractivity contribution in [3.05, 3.63) is 0 Å². The zero-order valence-electron chi connectivity index (χ0n) is 6.26. The van der Waals surface area contributed by atoms with Crippen LogP contribution < -0.4 is 16.4 Å². The van der Waals surface area contributed by atoms with E-state index in [4.69, 9.17) is 10.8 Å². The van der Waals surface area contributed by atoms with Crippen molar-refractivity contribution >= 4 is 6.09 Å². The topological polar surface area (TPSA) is 87.4 Å². The van der Waals surface area contributed by atoms with Crippen molar-refractivity contribution in [1.29, 1.82) is 0 Å². The van der Waals surface area contributed by atoms with Crippen molar-refractivity contribution in [2.24, 2.45) is 5.73 Å². The van der Waals surface area contributed by atoms with E-state index in [1.165, 1.54) is 0 Å². The van der Waals surface area contributed by atoms with Gasteiger partial charge in [-0.1, -0.05) is 0 Å². The highest BCUT2D eigenvalue weighted by Gasteiger charge is 2.28. The Balaban J connectivity index is 2.43. The fourth-order valence-corrected chi connectivity index (χ4v) is 1.21. The Bertz CT molecular complexity index is 154. The molecule has 11 heavy (non-hydrogen) atoms. The monoisotopic (exact) mass is 159 g/mol. The summed E-state index contributed by atoms with van der Waals surface area (Å²) >= 11 is 0. The summed E-state index contributed by atoms with van der Waals surface area (Å²) < 4.78 is 0. The molecule has 5 nitrogen and oxygen atoms in total. The van der Waals surface area contributed by atoms with Crippen LogP contribution >= 0.6 is 0 Å². The highest BCUT2D eigenvalue weighted by Crippen LogP contribution is 2.10. The second kappa shape index (κ2) is 3.06. The Morgan fingerprint density at radius 1 is 1.55 bits per heavy atom. The van der Waals surface area contributed by atoms with Gasteiger partial charge in [-0.2, -0.15) is 0 Å². The average Bonchev–Trinajstić information content (AvgIpc) is 1.85. The van der Waals surface area contributed by atoms with Crippen LogP contribution in [0.25, 0.3) is 0 Å². The van der Waals surface area contributed by atoms with Crippen molar-refractivity contribution < 1.29 is 9.90 Å². The molecule has 1 amide bonds. The summed E-state index contributed by atoms with van der Waals surface area (Å²) in [6.07, 6.45) is 0.257. The van der Waals surface area contributed by atoms with Gasteiger partial charge >= 0.3 is 6.09 Å². The van der Waals surface area contributed by atoms with Crippen LogP contribution in [0.5, 0.6) is 0 Å². The van der Waals surface area contributed by atoms with Crippen molar-refractivity contribution in [2.45, 2.75) is 18.5 Å². The molecule has 0 spiro atoms. The van der Waals surface area contributed by atoms with Gasteiger partial charge in [0.25, 0.3) is 0 Å². The molecule has 0 aliphatic carbocycles. The summed E-state index contributed by atoms with van der Waals surface area (Å²) in [6, 6.07) is 0. The van der Waals surface area contributed by atoms with Crippen LogP contribution in [0.3, 0.4) is 0 Å². The Morgan fingerprint density at radius 3 is 2.55 bits per heavy atom. The first-order valence-electron chi connectivity index (χ1n) is 3.63. The third-order valence-corrected chi connectivity index (χ3v) is 1.85. The van der Waals surface area contributed by atoms with Crippen molar-refractivity contribution in [2.75, 3.05) is 13.1 Å². The summed E-state index contributed by atoms with van der Waals surface area (Å²) in [7, 11) is 0. The van der Waals surface area contributed by atoms with Crippen LogP contribution in [0.15, 0.2) is 0 Å². The quantitative estimate of drug-likeness (QED) is 0.381. The molecule has 0 saturated carbocycles. The lowest BCUT2D eigenvalue weighted by molar-refractivity contribution is 0.167. The molecular formula is C6H13N3O2. The maximum absolute atomic E-state index is 10.3. The molecule has 0 aromatic carbocycles. The number of rotatable bonds is 1. The number of piperidine rings is 1. The van der Waals surface area contributed by atoms with E-state index in [9.17, 15) is 4.79 Å². The van der Waals surface area contributed by atoms with E-state index in [2.05, 4.69) is 10.6 Å². The molecule has 64 valence electrons. The Labute approximate surface area is 65.0 Å². The molecule has 0 aromatic rings. The van der Waals surface area contributed by atoms with E-state index < -0.39 is 11.8 Å². The van der Waals surface area contributed by atoms with Gasteiger partial charge in [0.15, 0.2) is 0 Å². The molecule has 0 aromatic heterocycles. The third-order valence-electron chi connectivity index (χ3n) is 1.85. The largest absolute Gasteiger partial charge is 0.465 e. The first-order chi connectivity index (χ1) is 5.12. The van der Waals surface area contributed by atoms with Gasteiger partial charge in [0.05, 0.1) is 5.66 Å². The van der Waals surface area contributed by atoms with Gasteiger partial charge in [-0.15, -0.1) is 0 Å². The number of hydrogen-bond donors (Lipinski definition) is 4. The maximum atomic E-state index is 10.3. The fourth-order valence-electron chi connectivity index (χ4n) is 1.21. The van der Waals surface area contributed by atoms with E-state index in [1.807, 2.05) is 0 Å². The number of amides is 1. The highest BCUT2D eigenvalue weighted by molar-refractivity contribution is 5.65.